The maximum atomic E-state index is 13.7. The van der Waals surface area contributed by atoms with Gasteiger partial charge in [0.15, 0.2) is 29.6 Å². The summed E-state index contributed by atoms with van der Waals surface area (Å²) < 4.78 is 28.4. The van der Waals surface area contributed by atoms with Crippen LogP contribution >= 0.6 is 0 Å². The lowest BCUT2D eigenvalue weighted by atomic mass is 10.1. The standard InChI is InChI=1S/C34H35N5O8/c1-19(2)33-37-31(38-47-33)21-6-8-22(9-7-21)34(42)39-16-24-29(17-39)46-26-11-5-20(13-27(26)44-4)15-35-30(40)18-45-28-14-23(32(41)36-24)10-12-25(28)43-3/h5-14,19,24,29H,15-18H2,1-4H3,(H,35,40)(H,36,41)/t24-,29-/m0/s1. The Morgan fingerprint density at radius 2 is 1.70 bits per heavy atom. The number of benzene rings is 3. The molecule has 4 heterocycles. The van der Waals surface area contributed by atoms with Gasteiger partial charge in [0.2, 0.25) is 11.7 Å². The highest BCUT2D eigenvalue weighted by Gasteiger charge is 2.39. The van der Waals surface area contributed by atoms with Gasteiger partial charge < -0.3 is 39.0 Å². The molecular weight excluding hydrogens is 606 g/mol. The van der Waals surface area contributed by atoms with Crippen LogP contribution in [-0.4, -0.2) is 78.8 Å². The van der Waals surface area contributed by atoms with E-state index in [0.29, 0.717) is 34.5 Å². The van der Waals surface area contributed by atoms with Crippen LogP contribution in [0.15, 0.2) is 65.2 Å². The van der Waals surface area contributed by atoms with Crippen molar-refractivity contribution in [1.82, 2.24) is 25.7 Å². The van der Waals surface area contributed by atoms with Gasteiger partial charge in [0.1, 0.15) is 6.10 Å². The quantitative estimate of drug-likeness (QED) is 0.331. The molecule has 0 spiro atoms. The highest BCUT2D eigenvalue weighted by Crippen LogP contribution is 2.32. The van der Waals surface area contributed by atoms with Crippen molar-refractivity contribution in [2.75, 3.05) is 33.9 Å². The molecule has 2 atom stereocenters. The summed E-state index contributed by atoms with van der Waals surface area (Å²) in [5.74, 6) is 1.60. The lowest BCUT2D eigenvalue weighted by molar-refractivity contribution is -0.123. The van der Waals surface area contributed by atoms with Crippen LogP contribution in [0.1, 0.15) is 51.9 Å². The molecular formula is C34H35N5O8. The zero-order valence-corrected chi connectivity index (χ0v) is 26.4. The average molecular weight is 642 g/mol. The Labute approximate surface area is 271 Å². The summed E-state index contributed by atoms with van der Waals surface area (Å²) in [6.07, 6.45) is -0.611. The Morgan fingerprint density at radius 1 is 0.936 bits per heavy atom. The number of likely N-dealkylation sites (tertiary alicyclic amines) is 1. The molecule has 7 rings (SSSR count). The number of nitrogens with one attached hydrogen (secondary N) is 2. The predicted octanol–water partition coefficient (Wildman–Crippen LogP) is 3.59. The van der Waals surface area contributed by atoms with Crippen LogP contribution in [0.4, 0.5) is 0 Å². The highest BCUT2D eigenvalue weighted by molar-refractivity contribution is 5.96. The van der Waals surface area contributed by atoms with Gasteiger partial charge in [0, 0.05) is 35.7 Å². The second kappa shape index (κ2) is 13.4. The number of ether oxygens (including phenoxy) is 4. The van der Waals surface area contributed by atoms with Crippen molar-refractivity contribution in [2.24, 2.45) is 0 Å². The number of amides is 3. The fraction of sp³-hybridized carbons (Fsp3) is 0.324. The van der Waals surface area contributed by atoms with E-state index in [2.05, 4.69) is 20.8 Å². The number of aromatic nitrogens is 2. The van der Waals surface area contributed by atoms with E-state index in [1.807, 2.05) is 19.9 Å². The van der Waals surface area contributed by atoms with Crippen LogP contribution in [0.25, 0.3) is 11.4 Å². The largest absolute Gasteiger partial charge is 0.493 e. The lowest BCUT2D eigenvalue weighted by Gasteiger charge is -2.22. The Balaban J connectivity index is 1.28. The third-order valence-electron chi connectivity index (χ3n) is 7.98. The zero-order valence-electron chi connectivity index (χ0n) is 26.4. The minimum absolute atomic E-state index is 0.0994. The molecule has 3 aliphatic heterocycles. The van der Waals surface area contributed by atoms with Crippen molar-refractivity contribution in [3.05, 3.63) is 83.2 Å². The summed E-state index contributed by atoms with van der Waals surface area (Å²) >= 11 is 0. The van der Waals surface area contributed by atoms with Gasteiger partial charge in [-0.1, -0.05) is 37.2 Å². The van der Waals surface area contributed by atoms with Crippen molar-refractivity contribution in [3.63, 3.8) is 0 Å². The fourth-order valence-corrected chi connectivity index (χ4v) is 5.39. The maximum absolute atomic E-state index is 13.7. The number of rotatable bonds is 5. The van der Waals surface area contributed by atoms with E-state index in [4.69, 9.17) is 23.5 Å². The average Bonchev–Trinajstić information content (AvgIpc) is 3.74. The van der Waals surface area contributed by atoms with E-state index in [1.54, 1.807) is 53.4 Å². The number of methoxy groups -OCH3 is 2. The molecule has 244 valence electrons. The summed E-state index contributed by atoms with van der Waals surface area (Å²) in [5.41, 5.74) is 2.25. The van der Waals surface area contributed by atoms with Crippen LogP contribution < -0.4 is 29.6 Å². The molecule has 13 heteroatoms. The molecule has 0 aliphatic carbocycles. The first-order valence-electron chi connectivity index (χ1n) is 15.2. The van der Waals surface area contributed by atoms with Crippen LogP contribution in [0.3, 0.4) is 0 Å². The molecule has 0 unspecified atom stereocenters. The van der Waals surface area contributed by atoms with Crippen LogP contribution in [0.5, 0.6) is 23.0 Å². The van der Waals surface area contributed by atoms with E-state index < -0.39 is 18.1 Å². The Hall–Kier alpha value is -5.59. The predicted molar refractivity (Wildman–Crippen MR) is 169 cm³/mol. The molecule has 47 heavy (non-hydrogen) atoms. The minimum Gasteiger partial charge on any atom is -0.493 e. The molecule has 13 nitrogen and oxygen atoms in total. The summed E-state index contributed by atoms with van der Waals surface area (Å²) in [4.78, 5) is 45.9. The molecule has 1 saturated heterocycles. The first kappa shape index (κ1) is 31.4. The van der Waals surface area contributed by atoms with Gasteiger partial charge >= 0.3 is 0 Å². The maximum Gasteiger partial charge on any atom is 0.258 e. The normalized spacial score (nSPS) is 18.0. The van der Waals surface area contributed by atoms with E-state index in [0.717, 1.165) is 11.1 Å². The molecule has 0 radical (unpaired) electrons. The van der Waals surface area contributed by atoms with Crippen LogP contribution in [0, 0.1) is 0 Å². The second-order valence-corrected chi connectivity index (χ2v) is 11.6. The van der Waals surface area contributed by atoms with Gasteiger partial charge in [-0.25, -0.2) is 0 Å². The molecule has 1 aromatic heterocycles. The van der Waals surface area contributed by atoms with Gasteiger partial charge in [-0.2, -0.15) is 4.98 Å². The number of carbonyl (C=O) groups is 3. The minimum atomic E-state index is -0.611. The van der Waals surface area contributed by atoms with Crippen molar-refractivity contribution in [2.45, 2.75) is 38.5 Å². The first-order chi connectivity index (χ1) is 22.7. The van der Waals surface area contributed by atoms with E-state index in [-0.39, 0.29) is 55.3 Å². The molecule has 3 aromatic carbocycles. The summed E-state index contributed by atoms with van der Waals surface area (Å²) in [6.45, 7) is 4.28. The Morgan fingerprint density at radius 3 is 2.43 bits per heavy atom. The number of hydrogen-bond donors (Lipinski definition) is 2. The van der Waals surface area contributed by atoms with Gasteiger partial charge in [-0.3, -0.25) is 14.4 Å². The SMILES string of the molecule is COc1ccc2cc1OCC(=O)NCc1ccc(c(OC)c1)O[C@H]1CN(C(=O)c3ccc(-c4noc(C(C)C)n4)cc3)C[C@@H]1NC2=O. The van der Waals surface area contributed by atoms with Gasteiger partial charge in [0.25, 0.3) is 17.7 Å². The zero-order chi connectivity index (χ0) is 33.1. The molecule has 3 aliphatic rings. The summed E-state index contributed by atoms with van der Waals surface area (Å²) in [5, 5.41) is 9.89. The molecule has 1 fully saturated rings. The third kappa shape index (κ3) is 6.83. The number of carbonyl (C=O) groups excluding carboxylic acids is 3. The topological polar surface area (TPSA) is 154 Å². The van der Waals surface area contributed by atoms with Crippen LogP contribution in [0.2, 0.25) is 0 Å². The number of hydrogen-bond acceptors (Lipinski definition) is 10. The van der Waals surface area contributed by atoms with E-state index in [1.165, 1.54) is 20.3 Å². The molecule has 0 saturated carbocycles. The Bertz CT molecular complexity index is 1790. The first-order valence-corrected chi connectivity index (χ1v) is 15.2. The van der Waals surface area contributed by atoms with Gasteiger partial charge in [-0.05, 0) is 48.0 Å². The second-order valence-electron chi connectivity index (χ2n) is 11.6. The Kier molecular flexibility index (Phi) is 8.96. The summed E-state index contributed by atoms with van der Waals surface area (Å²) in [7, 11) is 2.99. The molecule has 3 amide bonds. The van der Waals surface area contributed by atoms with Crippen LogP contribution in [-0.2, 0) is 11.3 Å². The smallest absolute Gasteiger partial charge is 0.258 e. The van der Waals surface area contributed by atoms with Crippen molar-refractivity contribution in [3.8, 4) is 34.4 Å². The highest BCUT2D eigenvalue weighted by atomic mass is 16.5. The lowest BCUT2D eigenvalue weighted by Crippen LogP contribution is -2.45. The molecule has 2 N–H and O–H groups in total. The third-order valence-corrected chi connectivity index (χ3v) is 7.98. The van der Waals surface area contributed by atoms with Gasteiger partial charge in [0.05, 0.1) is 26.8 Å². The fourth-order valence-electron chi connectivity index (χ4n) is 5.39. The number of nitrogens with zero attached hydrogens (tertiary/aromatic N) is 3. The van der Waals surface area contributed by atoms with E-state index in [9.17, 15) is 14.4 Å². The summed E-state index contributed by atoms with van der Waals surface area (Å²) in [6, 6.07) is 16.4. The van der Waals surface area contributed by atoms with Crippen molar-refractivity contribution < 1.29 is 37.9 Å². The van der Waals surface area contributed by atoms with Crippen molar-refractivity contribution >= 4 is 17.7 Å². The molecule has 4 aromatic rings. The monoisotopic (exact) mass is 641 g/mol. The van der Waals surface area contributed by atoms with E-state index >= 15 is 0 Å². The molecule has 4 bridgehead atoms. The van der Waals surface area contributed by atoms with Crippen molar-refractivity contribution in [1.29, 1.82) is 0 Å². The number of fused-ring (bicyclic) bond motifs is 7. The van der Waals surface area contributed by atoms with Gasteiger partial charge in [-0.15, -0.1) is 0 Å².